The van der Waals surface area contributed by atoms with E-state index < -0.39 is 20.0 Å². The minimum Gasteiger partial charge on any atom is -0.391 e. The normalized spacial score (nSPS) is 14.3. The molecule has 9 heteroatoms. The summed E-state index contributed by atoms with van der Waals surface area (Å²) in [5.41, 5.74) is 0. The summed E-state index contributed by atoms with van der Waals surface area (Å²) in [5, 5.41) is 14.0. The van der Waals surface area contributed by atoms with Crippen molar-refractivity contribution >= 4 is 13.7 Å². The number of phosphoric acid groups is 1. The molecule has 3 atom stereocenters. The molecular weight excluding hydrogens is 924 g/mol. The number of carbonyl (C=O) groups excluding carboxylic acids is 1. The lowest BCUT2D eigenvalue weighted by molar-refractivity contribution is -0.870. The van der Waals surface area contributed by atoms with E-state index in [0.717, 1.165) is 77.0 Å². The van der Waals surface area contributed by atoms with Crippen LogP contribution in [0.2, 0.25) is 0 Å². The van der Waals surface area contributed by atoms with Crippen LogP contribution in [0.5, 0.6) is 0 Å². The molecule has 0 fully saturated rings. The smallest absolute Gasteiger partial charge is 0.391 e. The molecule has 3 unspecified atom stereocenters. The van der Waals surface area contributed by atoms with Crippen LogP contribution >= 0.6 is 7.82 Å². The van der Waals surface area contributed by atoms with E-state index in [4.69, 9.17) is 9.05 Å². The summed E-state index contributed by atoms with van der Waals surface area (Å²) < 4.78 is 23.7. The number of quaternary nitrogens is 1. The number of amides is 1. The highest BCUT2D eigenvalue weighted by atomic mass is 31.2. The molecule has 0 aliphatic carbocycles. The number of aliphatic hydroxyl groups is 1. The van der Waals surface area contributed by atoms with Gasteiger partial charge in [-0.25, -0.2) is 4.57 Å². The number of unbranched alkanes of at least 4 members (excludes halogenated alkanes) is 31. The number of carbonyl (C=O) groups is 1. The molecule has 0 aliphatic heterocycles. The maximum absolute atomic E-state index is 13.0. The van der Waals surface area contributed by atoms with Gasteiger partial charge in [0.1, 0.15) is 13.2 Å². The van der Waals surface area contributed by atoms with Gasteiger partial charge in [-0.2, -0.15) is 0 Å². The molecule has 0 aromatic rings. The second kappa shape index (κ2) is 54.7. The number of rotatable bonds is 56. The van der Waals surface area contributed by atoms with Gasteiger partial charge in [-0.3, -0.25) is 13.8 Å². The van der Waals surface area contributed by atoms with Crippen LogP contribution in [0.1, 0.15) is 277 Å². The fourth-order valence-electron chi connectivity index (χ4n) is 8.93. The molecule has 0 aliphatic rings. The van der Waals surface area contributed by atoms with Gasteiger partial charge in [0.05, 0.1) is 39.9 Å². The van der Waals surface area contributed by atoms with Gasteiger partial charge in [0.2, 0.25) is 5.91 Å². The van der Waals surface area contributed by atoms with Gasteiger partial charge in [0, 0.05) is 6.42 Å². The summed E-state index contributed by atoms with van der Waals surface area (Å²) in [6.45, 7) is 4.77. The van der Waals surface area contributed by atoms with Crippen molar-refractivity contribution in [1.29, 1.82) is 0 Å². The first kappa shape index (κ1) is 70.9. The largest absolute Gasteiger partial charge is 0.472 e. The summed E-state index contributed by atoms with van der Waals surface area (Å²) in [4.78, 5) is 23.2. The molecule has 0 aromatic carbocycles. The van der Waals surface area contributed by atoms with Crippen molar-refractivity contribution in [3.05, 3.63) is 72.9 Å². The molecule has 0 bridgehead atoms. The second-order valence-electron chi connectivity index (χ2n) is 22.1. The zero-order chi connectivity index (χ0) is 53.5. The average Bonchev–Trinajstić information content (AvgIpc) is 3.35. The van der Waals surface area contributed by atoms with Gasteiger partial charge in [0.15, 0.2) is 0 Å². The minimum atomic E-state index is -4.32. The SMILES string of the molecule is CC/C=C\C/C=C\C/C=C\C/C=C\C/C=C\C/C=C\CCCCCCCCCCCCCCCCCCCCCCCCC(=O)NC(COP(=O)(O)OCC[N+](C)(C)C)C(O)CCCCCCCCCCCC. The third-order valence-electron chi connectivity index (χ3n) is 13.7. The van der Waals surface area contributed by atoms with Crippen LogP contribution < -0.4 is 5.32 Å². The number of nitrogens with one attached hydrogen (secondary N) is 1. The predicted octanol–water partition coefficient (Wildman–Crippen LogP) is 19.0. The number of hydrogen-bond acceptors (Lipinski definition) is 5. The maximum atomic E-state index is 13.0. The Balaban J connectivity index is 3.82. The number of allylic oxidation sites excluding steroid dienone is 12. The van der Waals surface area contributed by atoms with Gasteiger partial charge in [-0.05, 0) is 64.2 Å². The Morgan fingerprint density at radius 2 is 0.822 bits per heavy atom. The molecule has 73 heavy (non-hydrogen) atoms. The van der Waals surface area contributed by atoms with Crippen LogP contribution in [0.25, 0.3) is 0 Å². The average molecular weight is 1040 g/mol. The summed E-state index contributed by atoms with van der Waals surface area (Å²) in [5.74, 6) is -0.143. The molecule has 1 amide bonds. The quantitative estimate of drug-likeness (QED) is 0.0243. The molecule has 0 saturated carbocycles. The molecule has 0 saturated heterocycles. The third-order valence-corrected chi connectivity index (χ3v) is 14.7. The fourth-order valence-corrected chi connectivity index (χ4v) is 9.67. The van der Waals surface area contributed by atoms with E-state index in [2.05, 4.69) is 92.1 Å². The number of likely N-dealkylation sites (N-methyl/N-ethyl adjacent to an activating group) is 1. The Hall–Kier alpha value is -2.06. The lowest BCUT2D eigenvalue weighted by atomic mass is 10.0. The number of aliphatic hydroxyl groups excluding tert-OH is 1. The van der Waals surface area contributed by atoms with Gasteiger partial charge < -0.3 is 19.8 Å². The van der Waals surface area contributed by atoms with Gasteiger partial charge in [-0.1, -0.05) is 279 Å². The zero-order valence-corrected chi connectivity index (χ0v) is 49.5. The Morgan fingerprint density at radius 3 is 1.21 bits per heavy atom. The van der Waals surface area contributed by atoms with Gasteiger partial charge >= 0.3 is 7.82 Å². The van der Waals surface area contributed by atoms with Gasteiger partial charge in [-0.15, -0.1) is 0 Å². The molecule has 0 rings (SSSR count). The summed E-state index contributed by atoms with van der Waals surface area (Å²) in [6, 6.07) is -0.759. The summed E-state index contributed by atoms with van der Waals surface area (Å²) in [7, 11) is 1.62. The van der Waals surface area contributed by atoms with Crippen molar-refractivity contribution in [2.75, 3.05) is 40.9 Å². The number of phosphoric ester groups is 1. The highest BCUT2D eigenvalue weighted by Crippen LogP contribution is 2.43. The van der Waals surface area contributed by atoms with E-state index in [9.17, 15) is 19.4 Å². The van der Waals surface area contributed by atoms with E-state index in [0.29, 0.717) is 23.9 Å². The minimum absolute atomic E-state index is 0.0749. The molecule has 426 valence electrons. The maximum Gasteiger partial charge on any atom is 0.472 e. The van der Waals surface area contributed by atoms with E-state index in [1.807, 2.05) is 21.1 Å². The van der Waals surface area contributed by atoms with Crippen molar-refractivity contribution in [2.24, 2.45) is 0 Å². The number of hydrogen-bond donors (Lipinski definition) is 3. The zero-order valence-electron chi connectivity index (χ0n) is 48.6. The lowest BCUT2D eigenvalue weighted by Crippen LogP contribution is -2.46. The predicted molar refractivity (Wildman–Crippen MR) is 318 cm³/mol. The first-order valence-corrected chi connectivity index (χ1v) is 32.3. The lowest BCUT2D eigenvalue weighted by Gasteiger charge is -2.26. The molecule has 0 spiro atoms. The molecule has 3 N–H and O–H groups in total. The summed E-state index contributed by atoms with van der Waals surface area (Å²) >= 11 is 0. The Kier molecular flexibility index (Phi) is 53.2. The van der Waals surface area contributed by atoms with E-state index in [1.165, 1.54) is 173 Å². The first-order valence-electron chi connectivity index (χ1n) is 30.8. The molecule has 0 aromatic heterocycles. The standard InChI is InChI=1S/C64H119N2O6P/c1-6-8-10-12-14-16-18-19-20-21-22-23-24-25-26-27-28-29-30-31-32-33-34-35-36-37-38-39-40-41-42-43-44-45-46-47-48-50-52-54-56-58-64(68)65-62(61-72-73(69,70)71-60-59-66(3,4)5)63(67)57-55-53-51-49-17-15-13-11-9-7-2/h8,10,14,16,19-20,22-23,25-26,28-29,62-63,67H,6-7,9,11-13,15,17-18,21,24,27,30-61H2,1-5H3,(H-,65,68,69,70)/p+1/b10-8-,16-14-,20-19-,23-22-,26-25-,29-28-. The topological polar surface area (TPSA) is 105 Å². The Bertz CT molecular complexity index is 1420. The van der Waals surface area contributed by atoms with Crippen molar-refractivity contribution in [2.45, 2.75) is 289 Å². The van der Waals surface area contributed by atoms with Crippen molar-refractivity contribution in [1.82, 2.24) is 5.32 Å². The van der Waals surface area contributed by atoms with Crippen molar-refractivity contribution in [3.63, 3.8) is 0 Å². The van der Waals surface area contributed by atoms with Crippen LogP contribution in [0.4, 0.5) is 0 Å². The van der Waals surface area contributed by atoms with E-state index in [-0.39, 0.29) is 19.1 Å². The fraction of sp³-hybridized carbons (Fsp3) is 0.797. The summed E-state index contributed by atoms with van der Waals surface area (Å²) in [6.07, 6.45) is 75.7. The molecule has 0 radical (unpaired) electrons. The highest BCUT2D eigenvalue weighted by Gasteiger charge is 2.28. The van der Waals surface area contributed by atoms with Crippen LogP contribution in [0.3, 0.4) is 0 Å². The highest BCUT2D eigenvalue weighted by molar-refractivity contribution is 7.47. The van der Waals surface area contributed by atoms with E-state index >= 15 is 0 Å². The first-order chi connectivity index (χ1) is 35.5. The monoisotopic (exact) mass is 1040 g/mol. The van der Waals surface area contributed by atoms with Crippen molar-refractivity contribution < 1.29 is 32.9 Å². The van der Waals surface area contributed by atoms with Crippen LogP contribution in [-0.4, -0.2) is 73.4 Å². The third kappa shape index (κ3) is 57.5. The Morgan fingerprint density at radius 1 is 0.479 bits per heavy atom. The molecular formula is C64H120N2O6P+. The van der Waals surface area contributed by atoms with Crippen LogP contribution in [-0.2, 0) is 18.4 Å². The molecule has 8 nitrogen and oxygen atoms in total. The molecule has 0 heterocycles. The van der Waals surface area contributed by atoms with E-state index in [1.54, 1.807) is 0 Å². The van der Waals surface area contributed by atoms with Crippen LogP contribution in [0.15, 0.2) is 72.9 Å². The van der Waals surface area contributed by atoms with Crippen LogP contribution in [0, 0.1) is 0 Å². The van der Waals surface area contributed by atoms with Crippen molar-refractivity contribution in [3.8, 4) is 0 Å². The Labute approximate surface area is 453 Å². The van der Waals surface area contributed by atoms with Gasteiger partial charge in [0.25, 0.3) is 0 Å². The second-order valence-corrected chi connectivity index (χ2v) is 23.5. The number of nitrogens with zero attached hydrogens (tertiary/aromatic N) is 1.